The van der Waals surface area contributed by atoms with Crippen LogP contribution in [0.3, 0.4) is 0 Å². The molecular weight excluding hydrogens is 528 g/mol. The van der Waals surface area contributed by atoms with Crippen LogP contribution < -0.4 is 0 Å². The van der Waals surface area contributed by atoms with Gasteiger partial charge in [-0.1, -0.05) is 127 Å². The molecule has 0 atom stereocenters. The lowest BCUT2D eigenvalue weighted by Crippen LogP contribution is -1.89. The van der Waals surface area contributed by atoms with Crippen LogP contribution in [-0.2, 0) is 0 Å². The Labute approximate surface area is 256 Å². The summed E-state index contributed by atoms with van der Waals surface area (Å²) in [4.78, 5) is 0. The third-order valence-corrected chi connectivity index (χ3v) is 9.11. The second-order valence-corrected chi connectivity index (χ2v) is 11.8. The minimum atomic E-state index is 1.23. The molecule has 204 valence electrons. The zero-order valence-corrected chi connectivity index (χ0v) is 24.2. The van der Waals surface area contributed by atoms with Crippen LogP contribution in [0.1, 0.15) is 0 Å². The zero-order chi connectivity index (χ0) is 29.0. The maximum atomic E-state index is 2.37. The topological polar surface area (TPSA) is 0 Å². The molecule has 44 heavy (non-hydrogen) atoms. The van der Waals surface area contributed by atoms with Gasteiger partial charge in [0.05, 0.1) is 0 Å². The van der Waals surface area contributed by atoms with Gasteiger partial charge in [0.15, 0.2) is 0 Å². The quantitative estimate of drug-likeness (QED) is 0.189. The highest BCUT2D eigenvalue weighted by molar-refractivity contribution is 6.24. The highest BCUT2D eigenvalue weighted by Crippen LogP contribution is 2.41. The Morgan fingerprint density at radius 1 is 0.227 bits per heavy atom. The highest BCUT2D eigenvalue weighted by atomic mass is 14.2. The van der Waals surface area contributed by atoms with Gasteiger partial charge in [-0.25, -0.2) is 0 Å². The Hall–Kier alpha value is -5.72. The molecule has 0 aliphatic carbocycles. The van der Waals surface area contributed by atoms with Crippen LogP contribution in [0.5, 0.6) is 0 Å². The van der Waals surface area contributed by atoms with E-state index in [9.17, 15) is 0 Å². The number of benzene rings is 9. The van der Waals surface area contributed by atoms with Crippen molar-refractivity contribution in [3.8, 4) is 44.5 Å². The van der Waals surface area contributed by atoms with Crippen molar-refractivity contribution in [1.29, 1.82) is 0 Å². The van der Waals surface area contributed by atoms with Gasteiger partial charge in [0.25, 0.3) is 0 Å². The van der Waals surface area contributed by atoms with E-state index in [0.717, 1.165) is 0 Å². The fourth-order valence-corrected chi connectivity index (χ4v) is 7.03. The fraction of sp³-hybridized carbons (Fsp3) is 0. The molecular formula is C44H28. The van der Waals surface area contributed by atoms with Crippen molar-refractivity contribution < 1.29 is 0 Å². The summed E-state index contributed by atoms with van der Waals surface area (Å²) in [6, 6.07) is 62.4. The molecule has 9 rings (SSSR count). The summed E-state index contributed by atoms with van der Waals surface area (Å²) in [7, 11) is 0. The lowest BCUT2D eigenvalue weighted by atomic mass is 9.88. The number of rotatable bonds is 4. The third-order valence-electron chi connectivity index (χ3n) is 9.11. The van der Waals surface area contributed by atoms with Gasteiger partial charge < -0.3 is 0 Å². The summed E-state index contributed by atoms with van der Waals surface area (Å²) in [5.74, 6) is 0. The highest BCUT2D eigenvalue weighted by Gasteiger charge is 2.14. The van der Waals surface area contributed by atoms with Crippen LogP contribution >= 0.6 is 0 Å². The van der Waals surface area contributed by atoms with Crippen LogP contribution in [0.25, 0.3) is 87.6 Å². The first kappa shape index (κ1) is 24.8. The monoisotopic (exact) mass is 556 g/mol. The first-order valence-electron chi connectivity index (χ1n) is 15.3. The van der Waals surface area contributed by atoms with Crippen molar-refractivity contribution in [2.75, 3.05) is 0 Å². The van der Waals surface area contributed by atoms with E-state index in [4.69, 9.17) is 0 Å². The predicted octanol–water partition coefficient (Wildman–Crippen LogP) is 12.4. The molecule has 0 saturated heterocycles. The molecule has 0 bridgehead atoms. The Morgan fingerprint density at radius 2 is 0.636 bits per heavy atom. The molecule has 0 aliphatic heterocycles. The van der Waals surface area contributed by atoms with E-state index < -0.39 is 0 Å². The normalized spacial score (nSPS) is 11.6. The van der Waals surface area contributed by atoms with Gasteiger partial charge >= 0.3 is 0 Å². The molecule has 0 amide bonds. The lowest BCUT2D eigenvalue weighted by molar-refractivity contribution is 1.57. The first-order valence-corrected chi connectivity index (χ1v) is 15.3. The molecule has 0 unspecified atom stereocenters. The minimum Gasteiger partial charge on any atom is -0.0622 e. The SMILES string of the molecule is c1ccc(-c2cc(-c3ccccc3)cc(-c3cc4ccc5cc(-c6cccc7ccccc67)cc6ccc(c3)c4c56)c2)cc1. The fourth-order valence-electron chi connectivity index (χ4n) is 7.03. The van der Waals surface area contributed by atoms with Crippen molar-refractivity contribution in [1.82, 2.24) is 0 Å². The Kier molecular flexibility index (Phi) is 5.61. The van der Waals surface area contributed by atoms with Crippen molar-refractivity contribution in [2.24, 2.45) is 0 Å². The minimum absolute atomic E-state index is 1.23. The van der Waals surface area contributed by atoms with Gasteiger partial charge in [-0.3, -0.25) is 0 Å². The summed E-state index contributed by atoms with van der Waals surface area (Å²) < 4.78 is 0. The summed E-state index contributed by atoms with van der Waals surface area (Å²) in [6.07, 6.45) is 0. The van der Waals surface area contributed by atoms with Gasteiger partial charge in [0, 0.05) is 0 Å². The molecule has 9 aromatic rings. The predicted molar refractivity (Wildman–Crippen MR) is 189 cm³/mol. The van der Waals surface area contributed by atoms with Gasteiger partial charge in [-0.2, -0.15) is 0 Å². The maximum absolute atomic E-state index is 2.37. The molecule has 0 radical (unpaired) electrons. The molecule has 0 saturated carbocycles. The van der Waals surface area contributed by atoms with E-state index in [0.29, 0.717) is 0 Å². The third kappa shape index (κ3) is 4.07. The van der Waals surface area contributed by atoms with Crippen LogP contribution in [-0.4, -0.2) is 0 Å². The molecule has 0 fully saturated rings. The summed E-state index contributed by atoms with van der Waals surface area (Å²) in [5, 5.41) is 10.4. The van der Waals surface area contributed by atoms with Crippen LogP contribution in [0.15, 0.2) is 170 Å². The van der Waals surface area contributed by atoms with Crippen molar-refractivity contribution in [2.45, 2.75) is 0 Å². The lowest BCUT2D eigenvalue weighted by Gasteiger charge is -2.16. The average molecular weight is 557 g/mol. The average Bonchev–Trinajstić information content (AvgIpc) is 3.10. The van der Waals surface area contributed by atoms with Gasteiger partial charge in [0.1, 0.15) is 0 Å². The molecule has 9 aromatic carbocycles. The number of hydrogen-bond acceptors (Lipinski definition) is 0. The van der Waals surface area contributed by atoms with Gasteiger partial charge in [-0.05, 0) is 130 Å². The van der Waals surface area contributed by atoms with Gasteiger partial charge in [-0.15, -0.1) is 0 Å². The van der Waals surface area contributed by atoms with Gasteiger partial charge in [0.2, 0.25) is 0 Å². The molecule has 0 heterocycles. The smallest absolute Gasteiger partial charge is 0.00264 e. The second kappa shape index (κ2) is 9.93. The van der Waals surface area contributed by atoms with Crippen LogP contribution in [0.4, 0.5) is 0 Å². The van der Waals surface area contributed by atoms with Crippen molar-refractivity contribution >= 4 is 43.1 Å². The van der Waals surface area contributed by atoms with Crippen molar-refractivity contribution in [3.63, 3.8) is 0 Å². The summed E-state index contributed by atoms with van der Waals surface area (Å²) >= 11 is 0. The van der Waals surface area contributed by atoms with E-state index in [1.807, 2.05) is 0 Å². The Morgan fingerprint density at radius 3 is 1.18 bits per heavy atom. The van der Waals surface area contributed by atoms with E-state index >= 15 is 0 Å². The summed E-state index contributed by atoms with van der Waals surface area (Å²) in [6.45, 7) is 0. The molecule has 0 spiro atoms. The Balaban J connectivity index is 1.23. The van der Waals surface area contributed by atoms with E-state index in [2.05, 4.69) is 170 Å². The van der Waals surface area contributed by atoms with E-state index in [1.54, 1.807) is 0 Å². The standard InChI is InChI=1S/C44H28/c1-3-10-29(11-4-1)36-26-37(30-12-5-2-6-13-30)28-39(27-36)38-22-32-18-20-34-24-40(25-35-21-19-33(23-38)43(32)44(34)35)42-17-9-15-31-14-7-8-16-41(31)42/h1-28H. The molecule has 0 heteroatoms. The van der Waals surface area contributed by atoms with E-state index in [1.165, 1.54) is 87.6 Å². The molecule has 0 aromatic heterocycles. The molecule has 0 aliphatic rings. The van der Waals surface area contributed by atoms with E-state index in [-0.39, 0.29) is 0 Å². The van der Waals surface area contributed by atoms with Crippen LogP contribution in [0.2, 0.25) is 0 Å². The molecule has 0 nitrogen and oxygen atoms in total. The zero-order valence-electron chi connectivity index (χ0n) is 24.2. The summed E-state index contributed by atoms with van der Waals surface area (Å²) in [5.41, 5.74) is 9.93. The number of hydrogen-bond donors (Lipinski definition) is 0. The molecule has 0 N–H and O–H groups in total. The largest absolute Gasteiger partial charge is 0.0622 e. The number of fused-ring (bicyclic) bond motifs is 1. The van der Waals surface area contributed by atoms with Crippen LogP contribution in [0, 0.1) is 0 Å². The maximum Gasteiger partial charge on any atom is -0.00264 e. The second-order valence-electron chi connectivity index (χ2n) is 11.8. The van der Waals surface area contributed by atoms with Crippen molar-refractivity contribution in [3.05, 3.63) is 170 Å². The Bertz CT molecular complexity index is 2340. The first-order chi connectivity index (χ1) is 21.8.